The van der Waals surface area contributed by atoms with Gasteiger partial charge < -0.3 is 9.47 Å². The van der Waals surface area contributed by atoms with Crippen LogP contribution >= 0.6 is 11.3 Å². The Morgan fingerprint density at radius 2 is 1.35 bits per heavy atom. The minimum absolute atomic E-state index is 0.364. The van der Waals surface area contributed by atoms with Crippen molar-refractivity contribution in [1.29, 1.82) is 0 Å². The van der Waals surface area contributed by atoms with Crippen molar-refractivity contribution in [2.24, 2.45) is 0 Å². The van der Waals surface area contributed by atoms with Crippen molar-refractivity contribution in [2.45, 2.75) is 0 Å². The molecule has 5 nitrogen and oxygen atoms in total. The molecule has 4 aromatic heterocycles. The Kier molecular flexibility index (Phi) is 5.10. The summed E-state index contributed by atoms with van der Waals surface area (Å²) in [4.78, 5) is 15.7. The first-order valence-corrected chi connectivity index (χ1v) is 16.6. The molecule has 5 heterocycles. The minimum atomic E-state index is -0.550. The van der Waals surface area contributed by atoms with Crippen molar-refractivity contribution in [3.05, 3.63) is 140 Å². The highest BCUT2D eigenvalue weighted by Gasteiger charge is 2.31. The first kappa shape index (κ1) is 25.9. The van der Waals surface area contributed by atoms with Crippen molar-refractivity contribution in [3.63, 3.8) is 0 Å². The van der Waals surface area contributed by atoms with Gasteiger partial charge in [-0.15, -0.1) is 11.3 Å². The molecule has 48 heavy (non-hydrogen) atoms. The topological polar surface area (TPSA) is 46.8 Å². The van der Waals surface area contributed by atoms with Gasteiger partial charge in [-0.05, 0) is 60.0 Å². The van der Waals surface area contributed by atoms with Gasteiger partial charge >= 0.3 is 0 Å². The van der Waals surface area contributed by atoms with E-state index >= 15 is 0 Å². The van der Waals surface area contributed by atoms with Crippen LogP contribution < -0.4 is 4.90 Å². The number of rotatable bonds is 2. The standard InChI is InChI=1S/C41H22FN5S/c42-38-18-20-44-41(45-38)27-11-3-9-24-23(27)8-4-13-32(24)46-33-14-5-10-26-29-22-37-30(25-7-1-2-15-36(25)48-37)21-35(29)47(39(26)33)40-28-12-6-19-43-31(28)16-17-34(40)46/h1-22H. The average Bonchev–Trinajstić information content (AvgIpc) is 3.66. The average molecular weight is 636 g/mol. The summed E-state index contributed by atoms with van der Waals surface area (Å²) in [7, 11) is 0. The fourth-order valence-corrected chi connectivity index (χ4v) is 8.88. The van der Waals surface area contributed by atoms with E-state index < -0.39 is 5.95 Å². The molecule has 0 aliphatic carbocycles. The molecule has 1 aliphatic heterocycles. The highest BCUT2D eigenvalue weighted by molar-refractivity contribution is 7.25. The quantitative estimate of drug-likeness (QED) is 0.177. The predicted octanol–water partition coefficient (Wildman–Crippen LogP) is 11.2. The fraction of sp³-hybridized carbons (Fsp3) is 0. The zero-order chi connectivity index (χ0) is 31.5. The van der Waals surface area contributed by atoms with Crippen LogP contribution in [-0.4, -0.2) is 19.5 Å². The Hall–Kier alpha value is -6.18. The monoisotopic (exact) mass is 635 g/mol. The molecular weight excluding hydrogens is 614 g/mol. The van der Waals surface area contributed by atoms with Gasteiger partial charge in [0.1, 0.15) is 0 Å². The second kappa shape index (κ2) is 9.44. The Balaban J connectivity index is 1.28. The lowest BCUT2D eigenvalue weighted by Gasteiger charge is -2.34. The van der Waals surface area contributed by atoms with Crippen LogP contribution in [0.1, 0.15) is 0 Å². The number of para-hydroxylation sites is 1. The molecule has 0 unspecified atom stereocenters. The van der Waals surface area contributed by atoms with Crippen molar-refractivity contribution >= 4 is 92.1 Å². The van der Waals surface area contributed by atoms with Crippen molar-refractivity contribution < 1.29 is 4.39 Å². The molecule has 224 valence electrons. The molecule has 6 aromatic carbocycles. The van der Waals surface area contributed by atoms with E-state index in [1.54, 1.807) is 0 Å². The van der Waals surface area contributed by atoms with E-state index in [0.29, 0.717) is 5.82 Å². The first-order valence-electron chi connectivity index (χ1n) is 15.8. The summed E-state index contributed by atoms with van der Waals surface area (Å²) in [6.45, 7) is 0. The summed E-state index contributed by atoms with van der Waals surface area (Å²) in [6.07, 6.45) is 3.32. The second-order valence-electron chi connectivity index (χ2n) is 12.2. The molecule has 0 amide bonds. The summed E-state index contributed by atoms with van der Waals surface area (Å²) in [5.41, 5.74) is 8.32. The maximum absolute atomic E-state index is 14.3. The van der Waals surface area contributed by atoms with Gasteiger partial charge in [-0.25, -0.2) is 4.98 Å². The zero-order valence-electron chi connectivity index (χ0n) is 25.2. The summed E-state index contributed by atoms with van der Waals surface area (Å²) in [5, 5.41) is 8.04. The number of anilines is 3. The highest BCUT2D eigenvalue weighted by Crippen LogP contribution is 2.53. The molecule has 0 N–H and O–H groups in total. The third kappa shape index (κ3) is 3.40. The smallest absolute Gasteiger partial charge is 0.216 e. The molecule has 0 saturated carbocycles. The maximum Gasteiger partial charge on any atom is 0.216 e. The lowest BCUT2D eigenvalue weighted by molar-refractivity contribution is 0.581. The molecule has 7 heteroatoms. The number of nitrogens with zero attached hydrogens (tertiary/aromatic N) is 5. The van der Waals surface area contributed by atoms with Gasteiger partial charge in [0.15, 0.2) is 5.82 Å². The number of hydrogen-bond acceptors (Lipinski definition) is 5. The minimum Gasteiger partial charge on any atom is -0.306 e. The molecule has 0 atom stereocenters. The molecular formula is C41H22FN5S. The van der Waals surface area contributed by atoms with E-state index in [1.807, 2.05) is 35.7 Å². The van der Waals surface area contributed by atoms with Crippen molar-refractivity contribution in [3.8, 4) is 17.1 Å². The molecule has 0 spiro atoms. The Morgan fingerprint density at radius 3 is 2.29 bits per heavy atom. The summed E-state index contributed by atoms with van der Waals surface area (Å²) < 4.78 is 19.3. The highest BCUT2D eigenvalue weighted by atomic mass is 32.1. The molecule has 0 saturated heterocycles. The largest absolute Gasteiger partial charge is 0.306 e. The lowest BCUT2D eigenvalue weighted by Crippen LogP contribution is -2.18. The van der Waals surface area contributed by atoms with Gasteiger partial charge in [-0.3, -0.25) is 4.98 Å². The van der Waals surface area contributed by atoms with Crippen LogP contribution in [0.2, 0.25) is 0 Å². The molecule has 11 rings (SSSR count). The number of hydrogen-bond donors (Lipinski definition) is 0. The van der Waals surface area contributed by atoms with E-state index in [2.05, 4.69) is 116 Å². The van der Waals surface area contributed by atoms with Gasteiger partial charge in [0.25, 0.3) is 0 Å². The normalized spacial score (nSPS) is 12.6. The van der Waals surface area contributed by atoms with Gasteiger partial charge in [0.05, 0.1) is 39.3 Å². The van der Waals surface area contributed by atoms with Crippen LogP contribution in [0.25, 0.3) is 80.7 Å². The number of fused-ring (bicyclic) bond motifs is 11. The zero-order valence-corrected chi connectivity index (χ0v) is 26.0. The van der Waals surface area contributed by atoms with Gasteiger partial charge in [-0.2, -0.15) is 9.37 Å². The maximum atomic E-state index is 14.3. The third-order valence-corrected chi connectivity index (χ3v) is 10.8. The summed E-state index contributed by atoms with van der Waals surface area (Å²) >= 11 is 1.85. The van der Waals surface area contributed by atoms with Crippen LogP contribution in [-0.2, 0) is 0 Å². The van der Waals surface area contributed by atoms with E-state index in [0.717, 1.165) is 55.5 Å². The SMILES string of the molecule is Fc1ccnc(-c2cccc3c(N4c5ccc6ncccc6c5-n5c6cc7c(cc6c6cccc4c65)sc4ccccc47)cccc23)n1. The van der Waals surface area contributed by atoms with Crippen LogP contribution in [0.5, 0.6) is 0 Å². The number of thiophene rings is 1. The fourth-order valence-electron chi connectivity index (χ4n) is 7.76. The predicted molar refractivity (Wildman–Crippen MR) is 196 cm³/mol. The van der Waals surface area contributed by atoms with Gasteiger partial charge in [-0.1, -0.05) is 60.7 Å². The molecule has 0 bridgehead atoms. The summed E-state index contributed by atoms with van der Waals surface area (Å²) in [5.74, 6) is -0.186. The third-order valence-electron chi connectivity index (χ3n) is 9.71. The lowest BCUT2D eigenvalue weighted by atomic mass is 9.99. The molecule has 0 radical (unpaired) electrons. The molecule has 10 aromatic rings. The number of aromatic nitrogens is 4. The van der Waals surface area contributed by atoms with Crippen LogP contribution in [0.4, 0.5) is 21.5 Å². The number of benzene rings is 6. The first-order chi connectivity index (χ1) is 23.7. The van der Waals surface area contributed by atoms with E-state index in [4.69, 9.17) is 4.98 Å². The Labute approximate surface area is 276 Å². The van der Waals surface area contributed by atoms with Crippen molar-refractivity contribution in [2.75, 3.05) is 4.90 Å². The van der Waals surface area contributed by atoms with Crippen LogP contribution in [0, 0.1) is 5.95 Å². The van der Waals surface area contributed by atoms with Gasteiger partial charge in [0.2, 0.25) is 5.95 Å². The molecule has 0 fully saturated rings. The number of pyridine rings is 1. The van der Waals surface area contributed by atoms with Crippen LogP contribution in [0.15, 0.2) is 134 Å². The van der Waals surface area contributed by atoms with E-state index in [9.17, 15) is 4.39 Å². The van der Waals surface area contributed by atoms with E-state index in [-0.39, 0.29) is 0 Å². The second-order valence-corrected chi connectivity index (χ2v) is 13.3. The van der Waals surface area contributed by atoms with Crippen LogP contribution in [0.3, 0.4) is 0 Å². The Bertz CT molecular complexity index is 3000. The number of halogens is 1. The van der Waals surface area contributed by atoms with E-state index in [1.165, 1.54) is 48.7 Å². The van der Waals surface area contributed by atoms with Gasteiger partial charge in [0, 0.05) is 65.7 Å². The Morgan fingerprint density at radius 1 is 0.542 bits per heavy atom. The van der Waals surface area contributed by atoms with Crippen molar-refractivity contribution in [1.82, 2.24) is 19.5 Å². The summed E-state index contributed by atoms with van der Waals surface area (Å²) in [6, 6.07) is 42.2. The molecule has 1 aliphatic rings.